The molecule has 0 saturated carbocycles. The van der Waals surface area contributed by atoms with Crippen LogP contribution < -0.4 is 9.47 Å². The van der Waals surface area contributed by atoms with Gasteiger partial charge in [0.1, 0.15) is 30.4 Å². The molecule has 0 amide bonds. The highest BCUT2D eigenvalue weighted by Gasteiger charge is 2.21. The summed E-state index contributed by atoms with van der Waals surface area (Å²) in [6.07, 6.45) is 2.37. The number of fused-ring (bicyclic) bond motifs is 1. The molecule has 1 unspecified atom stereocenters. The molecule has 1 atom stereocenters. The molecule has 0 radical (unpaired) electrons. The molecule has 1 aromatic carbocycles. The molecular formula is C13H15NO4. The molecule has 0 aromatic heterocycles. The highest BCUT2D eigenvalue weighted by Crippen LogP contribution is 2.30. The SMILES string of the molecule is ON=C1COc2cc(OCC3CCCO3)ccc21. The smallest absolute Gasteiger partial charge is 0.134 e. The van der Waals surface area contributed by atoms with Crippen molar-refractivity contribution in [2.45, 2.75) is 18.9 Å². The second-order valence-electron chi connectivity index (χ2n) is 4.44. The topological polar surface area (TPSA) is 60.3 Å². The Hall–Kier alpha value is -1.75. The van der Waals surface area contributed by atoms with Crippen LogP contribution in [0.2, 0.25) is 0 Å². The number of ether oxygens (including phenoxy) is 3. The van der Waals surface area contributed by atoms with Crippen LogP contribution in [0.3, 0.4) is 0 Å². The monoisotopic (exact) mass is 249 g/mol. The molecule has 96 valence electrons. The van der Waals surface area contributed by atoms with E-state index in [1.807, 2.05) is 18.2 Å². The van der Waals surface area contributed by atoms with Gasteiger partial charge in [0.25, 0.3) is 0 Å². The van der Waals surface area contributed by atoms with Gasteiger partial charge in [0.2, 0.25) is 0 Å². The van der Waals surface area contributed by atoms with Crippen molar-refractivity contribution in [2.24, 2.45) is 5.16 Å². The van der Waals surface area contributed by atoms with E-state index in [1.54, 1.807) is 0 Å². The molecule has 1 fully saturated rings. The summed E-state index contributed by atoms with van der Waals surface area (Å²) >= 11 is 0. The molecule has 0 spiro atoms. The van der Waals surface area contributed by atoms with Gasteiger partial charge >= 0.3 is 0 Å². The van der Waals surface area contributed by atoms with Crippen molar-refractivity contribution in [3.05, 3.63) is 23.8 Å². The summed E-state index contributed by atoms with van der Waals surface area (Å²) < 4.78 is 16.6. The summed E-state index contributed by atoms with van der Waals surface area (Å²) in [5, 5.41) is 12.0. The third-order valence-corrected chi connectivity index (χ3v) is 3.21. The number of hydrogen-bond acceptors (Lipinski definition) is 5. The first kappa shape index (κ1) is 11.3. The zero-order valence-corrected chi connectivity index (χ0v) is 9.96. The third-order valence-electron chi connectivity index (χ3n) is 3.21. The fraction of sp³-hybridized carbons (Fsp3) is 0.462. The zero-order chi connectivity index (χ0) is 12.4. The second-order valence-corrected chi connectivity index (χ2v) is 4.44. The fourth-order valence-electron chi connectivity index (χ4n) is 2.22. The van der Waals surface area contributed by atoms with E-state index in [9.17, 15) is 0 Å². The highest BCUT2D eigenvalue weighted by atomic mass is 16.5. The molecular weight excluding hydrogens is 234 g/mol. The fourth-order valence-corrected chi connectivity index (χ4v) is 2.22. The van der Waals surface area contributed by atoms with E-state index >= 15 is 0 Å². The minimum Gasteiger partial charge on any atom is -0.491 e. The molecule has 18 heavy (non-hydrogen) atoms. The van der Waals surface area contributed by atoms with E-state index in [4.69, 9.17) is 19.4 Å². The van der Waals surface area contributed by atoms with Gasteiger partial charge in [-0.3, -0.25) is 0 Å². The summed E-state index contributed by atoms with van der Waals surface area (Å²) in [5.74, 6) is 1.45. The van der Waals surface area contributed by atoms with Gasteiger partial charge in [0.05, 0.1) is 6.10 Å². The quantitative estimate of drug-likeness (QED) is 0.655. The van der Waals surface area contributed by atoms with E-state index in [2.05, 4.69) is 5.16 Å². The first-order valence-corrected chi connectivity index (χ1v) is 6.09. The molecule has 1 saturated heterocycles. The van der Waals surface area contributed by atoms with Crippen molar-refractivity contribution in [1.29, 1.82) is 0 Å². The number of nitrogens with zero attached hydrogens (tertiary/aromatic N) is 1. The summed E-state index contributed by atoms with van der Waals surface area (Å²) in [6, 6.07) is 5.53. The van der Waals surface area contributed by atoms with Crippen LogP contribution >= 0.6 is 0 Å². The highest BCUT2D eigenvalue weighted by molar-refractivity contribution is 6.05. The Kier molecular flexibility index (Phi) is 3.06. The molecule has 3 rings (SSSR count). The number of hydrogen-bond donors (Lipinski definition) is 1. The van der Waals surface area contributed by atoms with Crippen LogP contribution in [0, 0.1) is 0 Å². The normalized spacial score (nSPS) is 24.0. The van der Waals surface area contributed by atoms with Crippen molar-refractivity contribution in [3.8, 4) is 11.5 Å². The van der Waals surface area contributed by atoms with Gasteiger partial charge in [-0.25, -0.2) is 0 Å². The summed E-state index contributed by atoms with van der Waals surface area (Å²) in [5.41, 5.74) is 1.37. The maximum Gasteiger partial charge on any atom is 0.134 e. The van der Waals surface area contributed by atoms with Crippen LogP contribution in [0.5, 0.6) is 11.5 Å². The predicted molar refractivity (Wildman–Crippen MR) is 64.7 cm³/mol. The number of benzene rings is 1. The number of oxime groups is 1. The third kappa shape index (κ3) is 2.13. The average Bonchev–Trinajstić information content (AvgIpc) is 3.05. The molecule has 0 bridgehead atoms. The van der Waals surface area contributed by atoms with Crippen LogP contribution in [0.15, 0.2) is 23.4 Å². The first-order valence-electron chi connectivity index (χ1n) is 6.09. The Morgan fingerprint density at radius 1 is 1.44 bits per heavy atom. The van der Waals surface area contributed by atoms with Crippen LogP contribution in [0.25, 0.3) is 0 Å². The lowest BCUT2D eigenvalue weighted by Crippen LogP contribution is -2.16. The lowest BCUT2D eigenvalue weighted by atomic mass is 10.1. The van der Waals surface area contributed by atoms with Crippen LogP contribution in [0.1, 0.15) is 18.4 Å². The van der Waals surface area contributed by atoms with Crippen molar-refractivity contribution in [3.63, 3.8) is 0 Å². The predicted octanol–water partition coefficient (Wildman–Crippen LogP) is 1.82. The summed E-state index contributed by atoms with van der Waals surface area (Å²) in [6.45, 7) is 1.71. The molecule has 1 N–H and O–H groups in total. The Labute approximate surface area is 105 Å². The average molecular weight is 249 g/mol. The van der Waals surface area contributed by atoms with E-state index in [1.165, 1.54) is 0 Å². The van der Waals surface area contributed by atoms with Crippen molar-refractivity contribution >= 4 is 5.71 Å². The van der Waals surface area contributed by atoms with Crippen molar-refractivity contribution in [2.75, 3.05) is 19.8 Å². The van der Waals surface area contributed by atoms with Gasteiger partial charge in [0, 0.05) is 18.2 Å². The van der Waals surface area contributed by atoms with Gasteiger partial charge in [-0.2, -0.15) is 0 Å². The lowest BCUT2D eigenvalue weighted by molar-refractivity contribution is 0.0679. The van der Waals surface area contributed by atoms with Gasteiger partial charge in [0.15, 0.2) is 0 Å². The molecule has 2 heterocycles. The Balaban J connectivity index is 1.67. The van der Waals surface area contributed by atoms with E-state index < -0.39 is 0 Å². The maximum absolute atomic E-state index is 8.79. The minimum atomic E-state index is 0.203. The summed E-state index contributed by atoms with van der Waals surface area (Å²) in [7, 11) is 0. The van der Waals surface area contributed by atoms with Gasteiger partial charge in [-0.05, 0) is 25.0 Å². The zero-order valence-electron chi connectivity index (χ0n) is 9.96. The molecule has 0 aliphatic carbocycles. The summed E-state index contributed by atoms with van der Waals surface area (Å²) in [4.78, 5) is 0. The van der Waals surface area contributed by atoms with Crippen LogP contribution in [-0.4, -0.2) is 36.8 Å². The molecule has 2 aliphatic rings. The van der Waals surface area contributed by atoms with Crippen molar-refractivity contribution in [1.82, 2.24) is 0 Å². The number of rotatable bonds is 3. The Morgan fingerprint density at radius 2 is 2.39 bits per heavy atom. The second kappa shape index (κ2) is 4.86. The van der Waals surface area contributed by atoms with Crippen molar-refractivity contribution < 1.29 is 19.4 Å². The lowest BCUT2D eigenvalue weighted by Gasteiger charge is -2.11. The maximum atomic E-state index is 8.79. The van der Waals surface area contributed by atoms with Gasteiger partial charge in [-0.15, -0.1) is 0 Å². The van der Waals surface area contributed by atoms with Gasteiger partial charge < -0.3 is 19.4 Å². The minimum absolute atomic E-state index is 0.203. The molecule has 2 aliphatic heterocycles. The molecule has 5 heteroatoms. The first-order chi connectivity index (χ1) is 8.86. The molecule has 5 nitrogen and oxygen atoms in total. The Bertz CT molecular complexity index is 466. The van der Waals surface area contributed by atoms with E-state index in [0.29, 0.717) is 24.7 Å². The van der Waals surface area contributed by atoms with Gasteiger partial charge in [-0.1, -0.05) is 5.16 Å². The Morgan fingerprint density at radius 3 is 3.17 bits per heavy atom. The van der Waals surface area contributed by atoms with E-state index in [-0.39, 0.29) is 6.10 Å². The van der Waals surface area contributed by atoms with Crippen LogP contribution in [0.4, 0.5) is 0 Å². The largest absolute Gasteiger partial charge is 0.491 e. The van der Waals surface area contributed by atoms with Crippen LogP contribution in [-0.2, 0) is 4.74 Å². The van der Waals surface area contributed by atoms with E-state index in [0.717, 1.165) is 30.8 Å². The standard InChI is InChI=1S/C13H15NO4/c15-14-12-8-18-13-6-9(3-4-11(12)13)17-7-10-2-1-5-16-10/h3-4,6,10,15H,1-2,5,7-8H2. The molecule has 1 aromatic rings.